The fourth-order valence-corrected chi connectivity index (χ4v) is 1.58. The Bertz CT molecular complexity index is 282. The summed E-state index contributed by atoms with van der Waals surface area (Å²) in [6.45, 7) is 0. The summed E-state index contributed by atoms with van der Waals surface area (Å²) in [7, 11) is 0. The quantitative estimate of drug-likeness (QED) is 0.567. The predicted molar refractivity (Wildman–Crippen MR) is 51.0 cm³/mol. The van der Waals surface area contributed by atoms with Crippen molar-refractivity contribution in [2.45, 2.75) is 17.5 Å². The van der Waals surface area contributed by atoms with Gasteiger partial charge in [0, 0.05) is 11.9 Å². The van der Waals surface area contributed by atoms with Crippen molar-refractivity contribution in [3.8, 4) is 6.07 Å². The zero-order valence-corrected chi connectivity index (χ0v) is 7.87. The third-order valence-corrected chi connectivity index (χ3v) is 2.38. The van der Waals surface area contributed by atoms with Crippen LogP contribution in [0.4, 0.5) is 0 Å². The minimum atomic E-state index is -0.366. The number of rotatable bonds is 4. The summed E-state index contributed by atoms with van der Waals surface area (Å²) in [5.74, 6) is 0.811. The lowest BCUT2D eigenvalue weighted by atomic mass is 10.3. The molecule has 0 spiro atoms. The van der Waals surface area contributed by atoms with E-state index in [1.165, 1.54) is 6.33 Å². The monoisotopic (exact) mass is 194 g/mol. The van der Waals surface area contributed by atoms with E-state index in [4.69, 9.17) is 11.0 Å². The first-order valence-electron chi connectivity index (χ1n) is 3.87. The molecule has 0 aliphatic carbocycles. The first kappa shape index (κ1) is 9.96. The summed E-state index contributed by atoms with van der Waals surface area (Å²) in [6.07, 6.45) is 3.89. The number of nitrogens with zero attached hydrogens (tertiary/aromatic N) is 3. The lowest BCUT2D eigenvalue weighted by Gasteiger charge is -2.00. The Morgan fingerprint density at radius 2 is 2.54 bits per heavy atom. The van der Waals surface area contributed by atoms with Gasteiger partial charge in [-0.05, 0) is 12.5 Å². The van der Waals surface area contributed by atoms with E-state index in [0.717, 1.165) is 10.8 Å². The van der Waals surface area contributed by atoms with Gasteiger partial charge in [-0.3, -0.25) is 0 Å². The molecule has 1 aromatic heterocycles. The zero-order valence-electron chi connectivity index (χ0n) is 7.05. The molecule has 0 fully saturated rings. The number of nitriles is 1. The van der Waals surface area contributed by atoms with E-state index in [1.54, 1.807) is 18.0 Å². The molecule has 5 heteroatoms. The molecule has 0 saturated carbocycles. The third-order valence-electron chi connectivity index (χ3n) is 1.40. The Labute approximate surface area is 81.2 Å². The minimum Gasteiger partial charge on any atom is -0.316 e. The van der Waals surface area contributed by atoms with Crippen LogP contribution >= 0.6 is 11.8 Å². The highest BCUT2D eigenvalue weighted by Gasteiger charge is 2.00. The SMILES string of the molecule is N#CC(N)CCSc1ccncn1. The van der Waals surface area contributed by atoms with Crippen LogP contribution in [-0.4, -0.2) is 21.8 Å². The van der Waals surface area contributed by atoms with Crippen LogP contribution in [0.3, 0.4) is 0 Å². The maximum absolute atomic E-state index is 8.42. The molecule has 1 atom stereocenters. The van der Waals surface area contributed by atoms with Crippen molar-refractivity contribution in [2.75, 3.05) is 5.75 Å². The number of hydrogen-bond acceptors (Lipinski definition) is 5. The van der Waals surface area contributed by atoms with Gasteiger partial charge in [0.2, 0.25) is 0 Å². The fourth-order valence-electron chi connectivity index (χ4n) is 0.719. The van der Waals surface area contributed by atoms with Crippen LogP contribution in [0.5, 0.6) is 0 Å². The second-order valence-corrected chi connectivity index (χ2v) is 3.54. The summed E-state index contributed by atoms with van der Waals surface area (Å²) in [4.78, 5) is 7.83. The lowest BCUT2D eigenvalue weighted by molar-refractivity contribution is 0.802. The molecule has 0 aliphatic rings. The first-order valence-corrected chi connectivity index (χ1v) is 4.85. The van der Waals surface area contributed by atoms with Gasteiger partial charge < -0.3 is 5.73 Å². The Morgan fingerprint density at radius 1 is 1.69 bits per heavy atom. The van der Waals surface area contributed by atoms with Gasteiger partial charge in [0.1, 0.15) is 6.33 Å². The molecule has 2 N–H and O–H groups in total. The number of thioether (sulfide) groups is 1. The summed E-state index contributed by atoms with van der Waals surface area (Å²) in [5, 5.41) is 9.34. The molecule has 0 radical (unpaired) electrons. The molecule has 1 rings (SSSR count). The van der Waals surface area contributed by atoms with E-state index in [-0.39, 0.29) is 6.04 Å². The average molecular weight is 194 g/mol. The number of aromatic nitrogens is 2. The molecule has 0 aliphatic heterocycles. The molecule has 1 aromatic rings. The van der Waals surface area contributed by atoms with Crippen molar-refractivity contribution in [2.24, 2.45) is 5.73 Å². The van der Waals surface area contributed by atoms with E-state index in [9.17, 15) is 0 Å². The molecule has 0 bridgehead atoms. The van der Waals surface area contributed by atoms with Gasteiger partial charge in [-0.1, -0.05) is 0 Å². The van der Waals surface area contributed by atoms with Crippen LogP contribution in [0.2, 0.25) is 0 Å². The highest BCUT2D eigenvalue weighted by molar-refractivity contribution is 7.99. The number of nitrogens with two attached hydrogens (primary N) is 1. The summed E-state index contributed by atoms with van der Waals surface area (Å²) < 4.78 is 0. The molecule has 68 valence electrons. The second kappa shape index (κ2) is 5.51. The lowest BCUT2D eigenvalue weighted by Crippen LogP contribution is -2.17. The fraction of sp³-hybridized carbons (Fsp3) is 0.375. The standard InChI is InChI=1S/C8H10N4S/c9-5-7(10)2-4-13-8-1-3-11-6-12-8/h1,3,6-7H,2,4,10H2. The Hall–Kier alpha value is -1.12. The topological polar surface area (TPSA) is 75.6 Å². The van der Waals surface area contributed by atoms with Gasteiger partial charge >= 0.3 is 0 Å². The summed E-state index contributed by atoms with van der Waals surface area (Å²) >= 11 is 1.58. The summed E-state index contributed by atoms with van der Waals surface area (Å²) in [5.41, 5.74) is 5.43. The van der Waals surface area contributed by atoms with E-state index in [0.29, 0.717) is 6.42 Å². The van der Waals surface area contributed by atoms with Gasteiger partial charge in [-0.2, -0.15) is 5.26 Å². The normalized spacial score (nSPS) is 12.0. The van der Waals surface area contributed by atoms with Gasteiger partial charge in [0.25, 0.3) is 0 Å². The van der Waals surface area contributed by atoms with Crippen molar-refractivity contribution in [3.05, 3.63) is 18.6 Å². The van der Waals surface area contributed by atoms with E-state index in [2.05, 4.69) is 9.97 Å². The van der Waals surface area contributed by atoms with Crippen LogP contribution in [0.25, 0.3) is 0 Å². The van der Waals surface area contributed by atoms with Gasteiger partial charge in [-0.15, -0.1) is 11.8 Å². The van der Waals surface area contributed by atoms with Crippen molar-refractivity contribution in [1.82, 2.24) is 9.97 Å². The van der Waals surface area contributed by atoms with Crippen LogP contribution in [0.1, 0.15) is 6.42 Å². The smallest absolute Gasteiger partial charge is 0.116 e. The van der Waals surface area contributed by atoms with Gasteiger partial charge in [0.15, 0.2) is 0 Å². The highest BCUT2D eigenvalue weighted by atomic mass is 32.2. The third kappa shape index (κ3) is 3.87. The molecular formula is C8H10N4S. The minimum absolute atomic E-state index is 0.366. The van der Waals surface area contributed by atoms with Gasteiger partial charge in [-0.25, -0.2) is 9.97 Å². The Kier molecular flexibility index (Phi) is 4.23. The van der Waals surface area contributed by atoms with E-state index >= 15 is 0 Å². The number of hydrogen-bond donors (Lipinski definition) is 1. The Balaban J connectivity index is 2.25. The van der Waals surface area contributed by atoms with Crippen molar-refractivity contribution in [3.63, 3.8) is 0 Å². The average Bonchev–Trinajstić information content (AvgIpc) is 2.19. The largest absolute Gasteiger partial charge is 0.316 e. The molecule has 0 amide bonds. The highest BCUT2D eigenvalue weighted by Crippen LogP contribution is 2.14. The van der Waals surface area contributed by atoms with Crippen LogP contribution in [-0.2, 0) is 0 Å². The van der Waals surface area contributed by atoms with Crippen LogP contribution < -0.4 is 5.73 Å². The maximum Gasteiger partial charge on any atom is 0.116 e. The van der Waals surface area contributed by atoms with Crippen LogP contribution in [0.15, 0.2) is 23.6 Å². The van der Waals surface area contributed by atoms with E-state index in [1.807, 2.05) is 12.1 Å². The van der Waals surface area contributed by atoms with Crippen molar-refractivity contribution < 1.29 is 0 Å². The molecule has 4 nitrogen and oxygen atoms in total. The zero-order chi connectivity index (χ0) is 9.52. The molecule has 1 heterocycles. The van der Waals surface area contributed by atoms with Crippen molar-refractivity contribution in [1.29, 1.82) is 5.26 Å². The molecular weight excluding hydrogens is 184 g/mol. The van der Waals surface area contributed by atoms with Gasteiger partial charge in [0.05, 0.1) is 17.1 Å². The molecule has 1 unspecified atom stereocenters. The maximum atomic E-state index is 8.42. The predicted octanol–water partition coefficient (Wildman–Crippen LogP) is 0.810. The van der Waals surface area contributed by atoms with Crippen molar-refractivity contribution >= 4 is 11.8 Å². The first-order chi connectivity index (χ1) is 6.33. The van der Waals surface area contributed by atoms with E-state index < -0.39 is 0 Å². The molecule has 0 saturated heterocycles. The Morgan fingerprint density at radius 3 is 3.15 bits per heavy atom. The van der Waals surface area contributed by atoms with Crippen LogP contribution in [0, 0.1) is 11.3 Å². The molecule has 13 heavy (non-hydrogen) atoms. The molecule has 0 aromatic carbocycles. The summed E-state index contributed by atoms with van der Waals surface area (Å²) in [6, 6.07) is 3.45. The second-order valence-electron chi connectivity index (χ2n) is 2.42.